The van der Waals surface area contributed by atoms with Crippen molar-refractivity contribution in [3.63, 3.8) is 0 Å². The molecule has 1 saturated heterocycles. The van der Waals surface area contributed by atoms with Crippen LogP contribution in [0.5, 0.6) is 0 Å². The number of ether oxygens (including phenoxy) is 1. The fraction of sp³-hybridized carbons (Fsp3) is 0.643. The molecule has 1 aliphatic heterocycles. The number of aromatic nitrogens is 1. The van der Waals surface area contributed by atoms with E-state index in [1.165, 1.54) is 18.5 Å². The minimum absolute atomic E-state index is 0.657. The summed E-state index contributed by atoms with van der Waals surface area (Å²) in [6.45, 7) is 3.71. The highest BCUT2D eigenvalue weighted by atomic mass is 16.5. The predicted octanol–water partition coefficient (Wildman–Crippen LogP) is 1.66. The smallest absolute Gasteiger partial charge is 0.0562 e. The van der Waals surface area contributed by atoms with Crippen LogP contribution < -0.4 is 10.2 Å². The second kappa shape index (κ2) is 6.71. The van der Waals surface area contributed by atoms with Gasteiger partial charge in [0, 0.05) is 38.6 Å². The minimum Gasteiger partial charge on any atom is -0.381 e. The van der Waals surface area contributed by atoms with Crippen molar-refractivity contribution in [2.45, 2.75) is 19.4 Å². The van der Waals surface area contributed by atoms with Gasteiger partial charge in [-0.25, -0.2) is 0 Å². The molecule has 0 aromatic carbocycles. The Labute approximate surface area is 109 Å². The van der Waals surface area contributed by atoms with E-state index in [9.17, 15) is 0 Å². The highest BCUT2D eigenvalue weighted by Crippen LogP contribution is 2.19. The van der Waals surface area contributed by atoms with Crippen LogP contribution in [0, 0.1) is 5.92 Å². The van der Waals surface area contributed by atoms with Gasteiger partial charge in [-0.05, 0) is 37.9 Å². The van der Waals surface area contributed by atoms with E-state index in [1.807, 2.05) is 13.2 Å². The Morgan fingerprint density at radius 1 is 1.56 bits per heavy atom. The molecule has 1 N–H and O–H groups in total. The molecule has 1 aromatic heterocycles. The van der Waals surface area contributed by atoms with Crippen LogP contribution in [0.15, 0.2) is 18.3 Å². The standard InChI is InChI=1S/C14H23N3O/c1-15-9-13-8-14(5-6-16-13)17(2)10-12-4-3-7-18-11-12/h5-6,8,12,15H,3-4,7,9-11H2,1-2H3. The number of hydrogen-bond donors (Lipinski definition) is 1. The van der Waals surface area contributed by atoms with E-state index in [-0.39, 0.29) is 0 Å². The average Bonchev–Trinajstić information content (AvgIpc) is 2.40. The Balaban J connectivity index is 1.94. The first kappa shape index (κ1) is 13.3. The third-order valence-corrected chi connectivity index (χ3v) is 3.39. The van der Waals surface area contributed by atoms with Crippen molar-refractivity contribution in [1.82, 2.24) is 10.3 Å². The summed E-state index contributed by atoms with van der Waals surface area (Å²) in [7, 11) is 4.09. The summed E-state index contributed by atoms with van der Waals surface area (Å²) in [5.74, 6) is 0.657. The molecule has 18 heavy (non-hydrogen) atoms. The minimum atomic E-state index is 0.657. The zero-order valence-corrected chi connectivity index (χ0v) is 11.4. The number of hydrogen-bond acceptors (Lipinski definition) is 4. The molecule has 1 fully saturated rings. The van der Waals surface area contributed by atoms with Gasteiger partial charge >= 0.3 is 0 Å². The normalized spacial score (nSPS) is 19.8. The number of nitrogens with one attached hydrogen (secondary N) is 1. The van der Waals surface area contributed by atoms with Crippen LogP contribution in [0.3, 0.4) is 0 Å². The van der Waals surface area contributed by atoms with Crippen LogP contribution in [0.25, 0.3) is 0 Å². The van der Waals surface area contributed by atoms with Crippen LogP contribution in [0.4, 0.5) is 5.69 Å². The van der Waals surface area contributed by atoms with Crippen molar-refractivity contribution >= 4 is 5.69 Å². The maximum atomic E-state index is 5.53. The van der Waals surface area contributed by atoms with Gasteiger partial charge in [-0.15, -0.1) is 0 Å². The molecule has 4 heteroatoms. The first-order chi connectivity index (χ1) is 8.79. The van der Waals surface area contributed by atoms with Crippen LogP contribution in [0.2, 0.25) is 0 Å². The number of nitrogens with zero attached hydrogens (tertiary/aromatic N) is 2. The third-order valence-electron chi connectivity index (χ3n) is 3.39. The van der Waals surface area contributed by atoms with E-state index in [0.717, 1.165) is 32.0 Å². The Morgan fingerprint density at radius 3 is 3.17 bits per heavy atom. The largest absolute Gasteiger partial charge is 0.381 e. The Morgan fingerprint density at radius 2 is 2.44 bits per heavy atom. The lowest BCUT2D eigenvalue weighted by molar-refractivity contribution is 0.0576. The van der Waals surface area contributed by atoms with Crippen LogP contribution >= 0.6 is 0 Å². The molecule has 0 amide bonds. The van der Waals surface area contributed by atoms with Crippen LogP contribution in [0.1, 0.15) is 18.5 Å². The second-order valence-electron chi connectivity index (χ2n) is 5.00. The summed E-state index contributed by atoms with van der Waals surface area (Å²) in [6.07, 6.45) is 4.36. The van der Waals surface area contributed by atoms with Gasteiger partial charge in [0.2, 0.25) is 0 Å². The van der Waals surface area contributed by atoms with Crippen molar-refractivity contribution in [1.29, 1.82) is 0 Å². The van der Waals surface area contributed by atoms with Crippen molar-refractivity contribution in [2.75, 3.05) is 38.8 Å². The van der Waals surface area contributed by atoms with Gasteiger partial charge in [-0.3, -0.25) is 4.98 Å². The average molecular weight is 249 g/mol. The van der Waals surface area contributed by atoms with E-state index < -0.39 is 0 Å². The molecule has 0 spiro atoms. The highest BCUT2D eigenvalue weighted by molar-refractivity contribution is 5.45. The molecule has 100 valence electrons. The Kier molecular flexibility index (Phi) is 4.96. The molecule has 0 bridgehead atoms. The van der Waals surface area contributed by atoms with E-state index in [1.54, 1.807) is 0 Å². The summed E-state index contributed by atoms with van der Waals surface area (Å²) < 4.78 is 5.53. The van der Waals surface area contributed by atoms with Crippen molar-refractivity contribution < 1.29 is 4.74 Å². The lowest BCUT2D eigenvalue weighted by Gasteiger charge is -2.28. The van der Waals surface area contributed by atoms with Crippen molar-refractivity contribution in [3.05, 3.63) is 24.0 Å². The van der Waals surface area contributed by atoms with Crippen LogP contribution in [-0.2, 0) is 11.3 Å². The van der Waals surface area contributed by atoms with Gasteiger partial charge in [0.25, 0.3) is 0 Å². The molecule has 0 radical (unpaired) electrons. The van der Waals surface area contributed by atoms with Crippen molar-refractivity contribution in [2.24, 2.45) is 5.92 Å². The predicted molar refractivity (Wildman–Crippen MR) is 73.8 cm³/mol. The van der Waals surface area contributed by atoms with Gasteiger partial charge in [-0.1, -0.05) is 0 Å². The second-order valence-corrected chi connectivity index (χ2v) is 5.00. The molecular weight excluding hydrogens is 226 g/mol. The molecule has 1 aromatic rings. The van der Waals surface area contributed by atoms with Crippen LogP contribution in [-0.4, -0.2) is 38.8 Å². The number of anilines is 1. The first-order valence-electron chi connectivity index (χ1n) is 6.68. The topological polar surface area (TPSA) is 37.4 Å². The first-order valence-corrected chi connectivity index (χ1v) is 6.68. The monoisotopic (exact) mass is 249 g/mol. The molecule has 1 unspecified atom stereocenters. The lowest BCUT2D eigenvalue weighted by atomic mass is 10.0. The maximum Gasteiger partial charge on any atom is 0.0562 e. The van der Waals surface area contributed by atoms with Gasteiger partial charge in [0.1, 0.15) is 0 Å². The fourth-order valence-electron chi connectivity index (χ4n) is 2.42. The van der Waals surface area contributed by atoms with Gasteiger partial charge in [0.05, 0.1) is 12.3 Å². The lowest BCUT2D eigenvalue weighted by Crippen LogP contribution is -2.30. The van der Waals surface area contributed by atoms with Gasteiger partial charge in [-0.2, -0.15) is 0 Å². The zero-order chi connectivity index (χ0) is 12.8. The number of rotatable bonds is 5. The van der Waals surface area contributed by atoms with E-state index >= 15 is 0 Å². The molecule has 2 rings (SSSR count). The molecule has 2 heterocycles. The molecule has 0 saturated carbocycles. The SMILES string of the molecule is CNCc1cc(N(C)CC2CCCOC2)ccn1. The fourth-order valence-corrected chi connectivity index (χ4v) is 2.42. The zero-order valence-electron chi connectivity index (χ0n) is 11.4. The highest BCUT2D eigenvalue weighted by Gasteiger charge is 2.16. The summed E-state index contributed by atoms with van der Waals surface area (Å²) in [4.78, 5) is 6.65. The molecule has 1 atom stereocenters. The Bertz CT molecular complexity index is 364. The van der Waals surface area contributed by atoms with Gasteiger partial charge < -0.3 is 15.0 Å². The summed E-state index contributed by atoms with van der Waals surface area (Å²) >= 11 is 0. The van der Waals surface area contributed by atoms with Gasteiger partial charge in [0.15, 0.2) is 0 Å². The van der Waals surface area contributed by atoms with E-state index in [4.69, 9.17) is 4.74 Å². The van der Waals surface area contributed by atoms with E-state index in [2.05, 4.69) is 34.4 Å². The quantitative estimate of drug-likeness (QED) is 0.861. The third kappa shape index (κ3) is 3.68. The summed E-state index contributed by atoms with van der Waals surface area (Å²) in [6, 6.07) is 4.23. The molecule has 4 nitrogen and oxygen atoms in total. The molecule has 1 aliphatic rings. The number of pyridine rings is 1. The van der Waals surface area contributed by atoms with E-state index in [0.29, 0.717) is 5.92 Å². The molecule has 0 aliphatic carbocycles. The van der Waals surface area contributed by atoms with Crippen molar-refractivity contribution in [3.8, 4) is 0 Å². The summed E-state index contributed by atoms with van der Waals surface area (Å²) in [5.41, 5.74) is 2.32. The molecular formula is C14H23N3O. The maximum absolute atomic E-state index is 5.53. The summed E-state index contributed by atoms with van der Waals surface area (Å²) in [5, 5.41) is 3.13. The Hall–Kier alpha value is -1.13.